The molecular formula is C9H18ClNO2. The Morgan fingerprint density at radius 2 is 2.38 bits per heavy atom. The third kappa shape index (κ3) is 5.11. The van der Waals surface area contributed by atoms with E-state index < -0.39 is 0 Å². The minimum Gasteiger partial charge on any atom is -0.465 e. The maximum Gasteiger partial charge on any atom is 0.305 e. The highest BCUT2D eigenvalue weighted by molar-refractivity contribution is 5.85. The molecule has 0 bridgehead atoms. The van der Waals surface area contributed by atoms with E-state index in [1.807, 2.05) is 6.92 Å². The van der Waals surface area contributed by atoms with Gasteiger partial charge >= 0.3 is 5.97 Å². The van der Waals surface area contributed by atoms with Crippen LogP contribution >= 0.6 is 12.4 Å². The Labute approximate surface area is 85.6 Å². The fourth-order valence-electron chi connectivity index (χ4n) is 1.38. The number of carbonyl (C=O) groups is 1. The molecule has 13 heavy (non-hydrogen) atoms. The molecule has 0 aliphatic carbocycles. The maximum absolute atomic E-state index is 10.8. The zero-order valence-electron chi connectivity index (χ0n) is 8.04. The second kappa shape index (κ2) is 7.15. The van der Waals surface area contributed by atoms with Gasteiger partial charge in [0.05, 0.1) is 6.61 Å². The van der Waals surface area contributed by atoms with Gasteiger partial charge in [-0.05, 0) is 19.4 Å². The molecule has 1 saturated heterocycles. The van der Waals surface area contributed by atoms with Crippen molar-refractivity contribution in [3.63, 3.8) is 0 Å². The zero-order valence-corrected chi connectivity index (χ0v) is 8.86. The highest BCUT2D eigenvalue weighted by Crippen LogP contribution is 2.10. The first-order valence-electron chi connectivity index (χ1n) is 4.69. The molecule has 4 heteroatoms. The molecule has 0 radical (unpaired) electrons. The molecule has 1 aliphatic heterocycles. The van der Waals surface area contributed by atoms with E-state index in [9.17, 15) is 4.79 Å². The summed E-state index contributed by atoms with van der Waals surface area (Å²) >= 11 is 0. The standard InChI is InChI=1S/C9H17NO2.ClH/c1-2-9(11)12-7-8-4-3-5-10-6-8;/h8,10H,2-7H2,1H3;1H. The van der Waals surface area contributed by atoms with Crippen molar-refractivity contribution in [3.8, 4) is 0 Å². The Bertz CT molecular complexity index is 147. The molecule has 1 atom stereocenters. The van der Waals surface area contributed by atoms with Gasteiger partial charge < -0.3 is 10.1 Å². The second-order valence-electron chi connectivity index (χ2n) is 3.25. The number of halogens is 1. The summed E-state index contributed by atoms with van der Waals surface area (Å²) in [6.45, 7) is 4.52. The van der Waals surface area contributed by atoms with Gasteiger partial charge in [-0.25, -0.2) is 0 Å². The fraction of sp³-hybridized carbons (Fsp3) is 0.889. The van der Waals surface area contributed by atoms with E-state index in [-0.39, 0.29) is 18.4 Å². The Kier molecular flexibility index (Phi) is 7.00. The highest BCUT2D eigenvalue weighted by atomic mass is 35.5. The third-order valence-electron chi connectivity index (χ3n) is 2.17. The molecule has 0 spiro atoms. The molecule has 1 aliphatic rings. The molecule has 0 saturated carbocycles. The summed E-state index contributed by atoms with van der Waals surface area (Å²) in [7, 11) is 0. The van der Waals surface area contributed by atoms with Crippen LogP contribution in [0.5, 0.6) is 0 Å². The van der Waals surface area contributed by atoms with E-state index in [0.29, 0.717) is 18.9 Å². The van der Waals surface area contributed by atoms with Crippen molar-refractivity contribution in [2.75, 3.05) is 19.7 Å². The Hall–Kier alpha value is -0.280. The first-order valence-corrected chi connectivity index (χ1v) is 4.69. The summed E-state index contributed by atoms with van der Waals surface area (Å²) in [5.41, 5.74) is 0. The van der Waals surface area contributed by atoms with Gasteiger partial charge in [-0.15, -0.1) is 12.4 Å². The average Bonchev–Trinajstić information content (AvgIpc) is 2.16. The molecule has 1 heterocycles. The van der Waals surface area contributed by atoms with Crippen LogP contribution in [0.15, 0.2) is 0 Å². The smallest absolute Gasteiger partial charge is 0.305 e. The van der Waals surface area contributed by atoms with Gasteiger partial charge in [0.2, 0.25) is 0 Å². The number of nitrogens with one attached hydrogen (secondary N) is 1. The van der Waals surface area contributed by atoms with E-state index in [4.69, 9.17) is 4.74 Å². The molecule has 1 rings (SSSR count). The summed E-state index contributed by atoms with van der Waals surface area (Å²) in [5, 5.41) is 3.29. The van der Waals surface area contributed by atoms with Crippen LogP contribution in [0.1, 0.15) is 26.2 Å². The zero-order chi connectivity index (χ0) is 8.81. The van der Waals surface area contributed by atoms with Crippen LogP contribution in [0.2, 0.25) is 0 Å². The van der Waals surface area contributed by atoms with Crippen LogP contribution in [0.3, 0.4) is 0 Å². The van der Waals surface area contributed by atoms with Gasteiger partial charge in [0.15, 0.2) is 0 Å². The minimum absolute atomic E-state index is 0. The number of hydrogen-bond acceptors (Lipinski definition) is 3. The summed E-state index contributed by atoms with van der Waals surface area (Å²) in [4.78, 5) is 10.8. The normalized spacial score (nSPS) is 21.8. The first kappa shape index (κ1) is 12.7. The third-order valence-corrected chi connectivity index (χ3v) is 2.17. The van der Waals surface area contributed by atoms with Crippen LogP contribution in [-0.4, -0.2) is 25.7 Å². The average molecular weight is 208 g/mol. The second-order valence-corrected chi connectivity index (χ2v) is 3.25. The van der Waals surface area contributed by atoms with Gasteiger partial charge in [-0.2, -0.15) is 0 Å². The molecule has 78 valence electrons. The molecule has 0 amide bonds. The van der Waals surface area contributed by atoms with Crippen molar-refractivity contribution in [2.45, 2.75) is 26.2 Å². The molecule has 3 nitrogen and oxygen atoms in total. The monoisotopic (exact) mass is 207 g/mol. The van der Waals surface area contributed by atoms with E-state index in [1.54, 1.807) is 0 Å². The van der Waals surface area contributed by atoms with Crippen molar-refractivity contribution in [1.29, 1.82) is 0 Å². The lowest BCUT2D eigenvalue weighted by molar-refractivity contribution is -0.144. The minimum atomic E-state index is -0.0828. The van der Waals surface area contributed by atoms with Crippen LogP contribution in [0.25, 0.3) is 0 Å². The summed E-state index contributed by atoms with van der Waals surface area (Å²) in [6, 6.07) is 0. The topological polar surface area (TPSA) is 38.3 Å². The number of piperidine rings is 1. The first-order chi connectivity index (χ1) is 5.83. The number of carbonyl (C=O) groups excluding carboxylic acids is 1. The predicted molar refractivity (Wildman–Crippen MR) is 54.1 cm³/mol. The Balaban J connectivity index is 0.00000144. The molecule has 1 unspecified atom stereocenters. The van der Waals surface area contributed by atoms with Crippen LogP contribution in [-0.2, 0) is 9.53 Å². The predicted octanol–water partition coefficient (Wildman–Crippen LogP) is 1.36. The summed E-state index contributed by atoms with van der Waals surface area (Å²) in [6.07, 6.45) is 2.87. The Morgan fingerprint density at radius 3 is 2.92 bits per heavy atom. The van der Waals surface area contributed by atoms with Gasteiger partial charge in [0.1, 0.15) is 0 Å². The molecular weight excluding hydrogens is 190 g/mol. The quantitative estimate of drug-likeness (QED) is 0.711. The van der Waals surface area contributed by atoms with Gasteiger partial charge in [0.25, 0.3) is 0 Å². The highest BCUT2D eigenvalue weighted by Gasteiger charge is 2.14. The molecule has 1 N–H and O–H groups in total. The SMILES string of the molecule is CCC(=O)OCC1CCCNC1.Cl. The Morgan fingerprint density at radius 1 is 1.62 bits per heavy atom. The fourth-order valence-corrected chi connectivity index (χ4v) is 1.38. The van der Waals surface area contributed by atoms with Crippen molar-refractivity contribution in [1.82, 2.24) is 5.32 Å². The molecule has 1 fully saturated rings. The summed E-state index contributed by atoms with van der Waals surface area (Å²) in [5.74, 6) is 0.454. The lowest BCUT2D eigenvalue weighted by Crippen LogP contribution is -2.32. The van der Waals surface area contributed by atoms with Crippen molar-refractivity contribution in [2.24, 2.45) is 5.92 Å². The van der Waals surface area contributed by atoms with Gasteiger partial charge in [-0.3, -0.25) is 4.79 Å². The van der Waals surface area contributed by atoms with Crippen molar-refractivity contribution >= 4 is 18.4 Å². The molecule has 0 aromatic rings. The van der Waals surface area contributed by atoms with Crippen molar-refractivity contribution in [3.05, 3.63) is 0 Å². The maximum atomic E-state index is 10.8. The largest absolute Gasteiger partial charge is 0.465 e. The molecule has 0 aromatic carbocycles. The van der Waals surface area contributed by atoms with Crippen LogP contribution in [0, 0.1) is 5.92 Å². The summed E-state index contributed by atoms with van der Waals surface area (Å²) < 4.78 is 5.05. The molecule has 0 aromatic heterocycles. The lowest BCUT2D eigenvalue weighted by Gasteiger charge is -2.21. The number of hydrogen-bond donors (Lipinski definition) is 1. The van der Waals surface area contributed by atoms with Crippen LogP contribution in [0.4, 0.5) is 0 Å². The van der Waals surface area contributed by atoms with Gasteiger partial charge in [-0.1, -0.05) is 6.92 Å². The number of rotatable bonds is 3. The lowest BCUT2D eigenvalue weighted by atomic mass is 10.0. The van der Waals surface area contributed by atoms with Gasteiger partial charge in [0, 0.05) is 18.9 Å². The number of esters is 1. The van der Waals surface area contributed by atoms with E-state index in [2.05, 4.69) is 5.32 Å². The van der Waals surface area contributed by atoms with E-state index >= 15 is 0 Å². The number of ether oxygens (including phenoxy) is 1. The van der Waals surface area contributed by atoms with Crippen LogP contribution < -0.4 is 5.32 Å². The van der Waals surface area contributed by atoms with Crippen molar-refractivity contribution < 1.29 is 9.53 Å². The van der Waals surface area contributed by atoms with E-state index in [1.165, 1.54) is 12.8 Å². The van der Waals surface area contributed by atoms with E-state index in [0.717, 1.165) is 13.1 Å².